The number of nitrogens with one attached hydrogen (secondary N) is 1. The number of anilines is 2. The normalized spacial score (nSPS) is 17.5. The maximum Gasteiger partial charge on any atom is 0.268 e. The predicted octanol–water partition coefficient (Wildman–Crippen LogP) is 3.61. The predicted molar refractivity (Wildman–Crippen MR) is 128 cm³/mol. The van der Waals surface area contributed by atoms with Crippen molar-refractivity contribution in [1.29, 1.82) is 0 Å². The standard InChI is InChI=1S/C24H26FN5O3S/c1-15-13-24(2,3)30(14-15)22-18(9-10-19(28-22)16-6-4-7-17(25)12-16)23(31)29-34(32,33)20-8-5-11-27-21(20)26/h4-12,15H,13-14H2,1-3H3,(H2,26,27)(H,29,31)/t15-/m0/s1. The van der Waals surface area contributed by atoms with E-state index in [4.69, 9.17) is 10.7 Å². The summed E-state index contributed by atoms with van der Waals surface area (Å²) in [5, 5.41) is 0. The highest BCUT2D eigenvalue weighted by atomic mass is 32.2. The van der Waals surface area contributed by atoms with Crippen molar-refractivity contribution in [3.05, 3.63) is 66.1 Å². The summed E-state index contributed by atoms with van der Waals surface area (Å²) in [5.41, 5.74) is 6.49. The second kappa shape index (κ2) is 8.68. The van der Waals surface area contributed by atoms with Crippen molar-refractivity contribution < 1.29 is 17.6 Å². The van der Waals surface area contributed by atoms with Crippen molar-refractivity contribution in [2.24, 2.45) is 5.92 Å². The van der Waals surface area contributed by atoms with Crippen molar-refractivity contribution >= 4 is 27.6 Å². The molecule has 1 aliphatic rings. The van der Waals surface area contributed by atoms with Crippen LogP contribution in [-0.4, -0.2) is 36.4 Å². The molecule has 1 saturated heterocycles. The maximum atomic E-state index is 13.8. The summed E-state index contributed by atoms with van der Waals surface area (Å²) in [6, 6.07) is 11.8. The average molecular weight is 484 g/mol. The van der Waals surface area contributed by atoms with E-state index in [1.807, 2.05) is 18.7 Å². The second-order valence-corrected chi connectivity index (χ2v) is 10.8. The van der Waals surface area contributed by atoms with Gasteiger partial charge < -0.3 is 10.6 Å². The number of halogens is 1. The average Bonchev–Trinajstić information content (AvgIpc) is 3.04. The lowest BCUT2D eigenvalue weighted by Crippen LogP contribution is -2.41. The molecule has 0 aliphatic carbocycles. The summed E-state index contributed by atoms with van der Waals surface area (Å²) in [5.74, 6) is -0.783. The number of nitrogens with zero attached hydrogens (tertiary/aromatic N) is 3. The number of sulfonamides is 1. The van der Waals surface area contributed by atoms with Gasteiger partial charge in [0, 0.05) is 23.8 Å². The van der Waals surface area contributed by atoms with E-state index in [0.717, 1.165) is 6.42 Å². The fourth-order valence-corrected chi connectivity index (χ4v) is 5.51. The Kier molecular flexibility index (Phi) is 6.03. The van der Waals surface area contributed by atoms with Crippen LogP contribution in [0, 0.1) is 11.7 Å². The third-order valence-electron chi connectivity index (χ3n) is 5.89. The highest BCUT2D eigenvalue weighted by Crippen LogP contribution is 2.38. The van der Waals surface area contributed by atoms with E-state index >= 15 is 0 Å². The molecule has 34 heavy (non-hydrogen) atoms. The monoisotopic (exact) mass is 483 g/mol. The van der Waals surface area contributed by atoms with Crippen LogP contribution in [0.25, 0.3) is 11.3 Å². The van der Waals surface area contributed by atoms with Crippen molar-refractivity contribution in [3.8, 4) is 11.3 Å². The van der Waals surface area contributed by atoms with Gasteiger partial charge in [-0.3, -0.25) is 4.79 Å². The molecular formula is C24H26FN5O3S. The Labute approximate surface area is 198 Å². The van der Waals surface area contributed by atoms with Gasteiger partial charge in [0.05, 0.1) is 11.3 Å². The van der Waals surface area contributed by atoms with Crippen molar-refractivity contribution in [3.63, 3.8) is 0 Å². The second-order valence-electron chi connectivity index (χ2n) is 9.13. The van der Waals surface area contributed by atoms with Gasteiger partial charge in [0.15, 0.2) is 0 Å². The molecule has 0 unspecified atom stereocenters. The Morgan fingerprint density at radius 3 is 2.62 bits per heavy atom. The van der Waals surface area contributed by atoms with Crippen LogP contribution in [-0.2, 0) is 10.0 Å². The minimum atomic E-state index is -4.27. The van der Waals surface area contributed by atoms with Gasteiger partial charge in [-0.2, -0.15) is 0 Å². The number of carbonyl (C=O) groups is 1. The number of aromatic nitrogens is 2. The van der Waals surface area contributed by atoms with Crippen molar-refractivity contribution in [1.82, 2.24) is 14.7 Å². The number of amides is 1. The zero-order chi connectivity index (χ0) is 24.7. The molecule has 0 spiro atoms. The first-order valence-corrected chi connectivity index (χ1v) is 12.3. The summed E-state index contributed by atoms with van der Waals surface area (Å²) in [6.45, 7) is 6.83. The molecule has 10 heteroatoms. The quantitative estimate of drug-likeness (QED) is 0.569. The zero-order valence-electron chi connectivity index (χ0n) is 19.1. The zero-order valence-corrected chi connectivity index (χ0v) is 19.9. The van der Waals surface area contributed by atoms with Crippen LogP contribution in [0.4, 0.5) is 16.0 Å². The highest BCUT2D eigenvalue weighted by Gasteiger charge is 2.39. The van der Waals surface area contributed by atoms with Crippen molar-refractivity contribution in [2.75, 3.05) is 17.2 Å². The van der Waals surface area contributed by atoms with E-state index < -0.39 is 21.7 Å². The molecule has 2 aromatic heterocycles. The molecule has 8 nitrogen and oxygen atoms in total. The van der Waals surface area contributed by atoms with Crippen LogP contribution in [0.15, 0.2) is 59.6 Å². The third kappa shape index (κ3) is 4.58. The Hall–Kier alpha value is -3.53. The number of nitrogen functional groups attached to an aromatic ring is 1. The number of rotatable bonds is 5. The first-order chi connectivity index (χ1) is 16.0. The maximum absolute atomic E-state index is 13.8. The Morgan fingerprint density at radius 1 is 1.21 bits per heavy atom. The Bertz CT molecular complexity index is 1360. The number of nitrogens with two attached hydrogens (primary N) is 1. The minimum Gasteiger partial charge on any atom is -0.383 e. The lowest BCUT2D eigenvalue weighted by Gasteiger charge is -2.34. The lowest BCUT2D eigenvalue weighted by atomic mass is 9.97. The summed E-state index contributed by atoms with van der Waals surface area (Å²) in [6.07, 6.45) is 2.23. The Morgan fingerprint density at radius 2 is 1.97 bits per heavy atom. The first-order valence-electron chi connectivity index (χ1n) is 10.8. The van der Waals surface area contributed by atoms with Gasteiger partial charge in [-0.25, -0.2) is 27.5 Å². The first kappa shape index (κ1) is 23.6. The van der Waals surface area contributed by atoms with Crippen LogP contribution in [0.1, 0.15) is 37.6 Å². The fourth-order valence-electron chi connectivity index (χ4n) is 4.46. The lowest BCUT2D eigenvalue weighted by molar-refractivity contribution is 0.0981. The smallest absolute Gasteiger partial charge is 0.268 e. The van der Waals surface area contributed by atoms with Gasteiger partial charge in [-0.05, 0) is 62.6 Å². The molecule has 1 fully saturated rings. The largest absolute Gasteiger partial charge is 0.383 e. The van der Waals surface area contributed by atoms with Gasteiger partial charge in [0.25, 0.3) is 15.9 Å². The number of pyridine rings is 2. The summed E-state index contributed by atoms with van der Waals surface area (Å²) in [4.78, 5) is 23.4. The minimum absolute atomic E-state index is 0.0911. The van der Waals surface area contributed by atoms with E-state index in [9.17, 15) is 17.6 Å². The molecule has 1 atom stereocenters. The molecule has 1 aliphatic heterocycles. The Balaban J connectivity index is 1.79. The summed E-state index contributed by atoms with van der Waals surface area (Å²) in [7, 11) is -4.27. The van der Waals surface area contributed by atoms with Gasteiger partial charge in [-0.1, -0.05) is 19.1 Å². The molecular weight excluding hydrogens is 457 g/mol. The molecule has 3 N–H and O–H groups in total. The van der Waals surface area contributed by atoms with Gasteiger partial charge in [0.2, 0.25) is 0 Å². The van der Waals surface area contributed by atoms with E-state index in [1.54, 1.807) is 18.2 Å². The van der Waals surface area contributed by atoms with Gasteiger partial charge in [-0.15, -0.1) is 0 Å². The topological polar surface area (TPSA) is 118 Å². The highest BCUT2D eigenvalue weighted by molar-refractivity contribution is 7.90. The van der Waals surface area contributed by atoms with Crippen molar-refractivity contribution in [2.45, 2.75) is 37.6 Å². The molecule has 0 bridgehead atoms. The third-order valence-corrected chi connectivity index (χ3v) is 7.26. The molecule has 3 heterocycles. The van der Waals surface area contributed by atoms with Gasteiger partial charge >= 0.3 is 0 Å². The number of carbonyl (C=O) groups excluding carboxylic acids is 1. The van der Waals surface area contributed by atoms with E-state index in [-0.39, 0.29) is 21.8 Å². The van der Waals surface area contributed by atoms with E-state index in [0.29, 0.717) is 29.5 Å². The van der Waals surface area contributed by atoms with Crippen LogP contribution >= 0.6 is 0 Å². The summed E-state index contributed by atoms with van der Waals surface area (Å²) < 4.78 is 41.6. The number of benzene rings is 1. The fraction of sp³-hybridized carbons (Fsp3) is 0.292. The van der Waals surface area contributed by atoms with Crippen LogP contribution < -0.4 is 15.4 Å². The number of hydrogen-bond acceptors (Lipinski definition) is 7. The van der Waals surface area contributed by atoms with Crippen LogP contribution in [0.2, 0.25) is 0 Å². The molecule has 0 radical (unpaired) electrons. The molecule has 1 amide bonds. The molecule has 3 aromatic rings. The SMILES string of the molecule is C[C@@H]1CN(c2nc(-c3cccc(F)c3)ccc2C(=O)NS(=O)(=O)c2cccnc2N)C(C)(C)C1. The van der Waals surface area contributed by atoms with Crippen LogP contribution in [0.3, 0.4) is 0 Å². The van der Waals surface area contributed by atoms with E-state index in [2.05, 4.69) is 16.6 Å². The molecule has 4 rings (SSSR count). The van der Waals surface area contributed by atoms with Gasteiger partial charge in [0.1, 0.15) is 22.3 Å². The number of hydrogen-bond donors (Lipinski definition) is 2. The molecule has 178 valence electrons. The molecule has 0 saturated carbocycles. The van der Waals surface area contributed by atoms with Crippen LogP contribution in [0.5, 0.6) is 0 Å². The molecule has 1 aromatic carbocycles. The summed E-state index contributed by atoms with van der Waals surface area (Å²) >= 11 is 0. The van der Waals surface area contributed by atoms with E-state index in [1.165, 1.54) is 36.5 Å².